The van der Waals surface area contributed by atoms with E-state index < -0.39 is 0 Å². The van der Waals surface area contributed by atoms with Crippen LogP contribution in [0.5, 0.6) is 5.75 Å². The van der Waals surface area contributed by atoms with Crippen LogP contribution < -0.4 is 4.74 Å². The molecule has 0 saturated carbocycles. The van der Waals surface area contributed by atoms with Gasteiger partial charge in [0, 0.05) is 0 Å². The van der Waals surface area contributed by atoms with E-state index in [1.165, 1.54) is 0 Å². The summed E-state index contributed by atoms with van der Waals surface area (Å²) < 4.78 is 10.9. The highest BCUT2D eigenvalue weighted by atomic mass is 35.5. The van der Waals surface area contributed by atoms with E-state index in [1.54, 1.807) is 0 Å². The van der Waals surface area contributed by atoms with Crippen LogP contribution in [0, 0.1) is 0 Å². The van der Waals surface area contributed by atoms with Gasteiger partial charge in [-0.1, -0.05) is 29.8 Å². The van der Waals surface area contributed by atoms with Gasteiger partial charge in [-0.3, -0.25) is 0 Å². The molecule has 2 rings (SSSR count). The van der Waals surface area contributed by atoms with Gasteiger partial charge in [-0.15, -0.1) is 6.58 Å². The predicted octanol–water partition coefficient (Wildman–Crippen LogP) is 3.06. The molecular formula is C12H13ClO2. The Labute approximate surface area is 94.5 Å². The normalized spacial score (nSPS) is 23.5. The Morgan fingerprint density at radius 3 is 2.93 bits per heavy atom. The van der Waals surface area contributed by atoms with E-state index in [0.717, 1.165) is 6.42 Å². The molecule has 0 aliphatic carbocycles. The minimum absolute atomic E-state index is 0.194. The average Bonchev–Trinajstić information content (AvgIpc) is 2.96. The van der Waals surface area contributed by atoms with Crippen LogP contribution >= 0.6 is 11.6 Å². The summed E-state index contributed by atoms with van der Waals surface area (Å²) in [5.41, 5.74) is 0. The molecule has 1 aliphatic heterocycles. The van der Waals surface area contributed by atoms with Crippen molar-refractivity contribution in [2.45, 2.75) is 18.6 Å². The Morgan fingerprint density at radius 1 is 1.40 bits per heavy atom. The molecule has 80 valence electrons. The molecule has 15 heavy (non-hydrogen) atoms. The Morgan fingerprint density at radius 2 is 2.20 bits per heavy atom. The summed E-state index contributed by atoms with van der Waals surface area (Å²) in [7, 11) is 0. The lowest BCUT2D eigenvalue weighted by Gasteiger charge is -2.05. The lowest BCUT2D eigenvalue weighted by Crippen LogP contribution is -2.07. The van der Waals surface area contributed by atoms with Crippen molar-refractivity contribution >= 4 is 11.6 Å². The van der Waals surface area contributed by atoms with Gasteiger partial charge in [-0.05, 0) is 18.6 Å². The van der Waals surface area contributed by atoms with Crippen LogP contribution in [0.1, 0.15) is 6.42 Å². The van der Waals surface area contributed by atoms with E-state index in [2.05, 4.69) is 6.58 Å². The maximum atomic E-state index is 5.94. The van der Waals surface area contributed by atoms with Gasteiger partial charge >= 0.3 is 0 Å². The van der Waals surface area contributed by atoms with Gasteiger partial charge in [0.2, 0.25) is 0 Å². The lowest BCUT2D eigenvalue weighted by molar-refractivity contribution is 0.260. The topological polar surface area (TPSA) is 21.8 Å². The molecule has 1 heterocycles. The maximum absolute atomic E-state index is 5.94. The number of epoxide rings is 1. The van der Waals surface area contributed by atoms with E-state index in [-0.39, 0.29) is 12.2 Å². The first kappa shape index (κ1) is 10.5. The predicted molar refractivity (Wildman–Crippen MR) is 60.4 cm³/mol. The molecule has 1 aromatic rings. The average molecular weight is 225 g/mol. The number of hydrogen-bond acceptors (Lipinski definition) is 2. The van der Waals surface area contributed by atoms with Gasteiger partial charge in [0.1, 0.15) is 18.5 Å². The zero-order chi connectivity index (χ0) is 10.7. The standard InChI is InChI=1S/C12H13ClO2/c1-2-5-11-12(15-11)8-14-10-7-4-3-6-9(10)13/h2-4,6-7,11-12H,1,5,8H2. The van der Waals surface area contributed by atoms with Crippen molar-refractivity contribution in [1.29, 1.82) is 0 Å². The summed E-state index contributed by atoms with van der Waals surface area (Å²) in [6.07, 6.45) is 3.22. The highest BCUT2D eigenvalue weighted by Crippen LogP contribution is 2.28. The highest BCUT2D eigenvalue weighted by Gasteiger charge is 2.38. The van der Waals surface area contributed by atoms with E-state index in [4.69, 9.17) is 21.1 Å². The van der Waals surface area contributed by atoms with E-state index in [0.29, 0.717) is 17.4 Å². The highest BCUT2D eigenvalue weighted by molar-refractivity contribution is 6.32. The van der Waals surface area contributed by atoms with Crippen molar-refractivity contribution in [1.82, 2.24) is 0 Å². The first-order valence-corrected chi connectivity index (χ1v) is 5.32. The maximum Gasteiger partial charge on any atom is 0.138 e. The van der Waals surface area contributed by atoms with E-state index in [1.807, 2.05) is 30.3 Å². The van der Waals surface area contributed by atoms with E-state index in [9.17, 15) is 0 Å². The van der Waals surface area contributed by atoms with Gasteiger partial charge in [0.15, 0.2) is 0 Å². The molecule has 0 N–H and O–H groups in total. The van der Waals surface area contributed by atoms with E-state index >= 15 is 0 Å². The number of rotatable bonds is 5. The monoisotopic (exact) mass is 224 g/mol. The third kappa shape index (κ3) is 2.74. The smallest absolute Gasteiger partial charge is 0.138 e. The van der Waals surface area contributed by atoms with Crippen molar-refractivity contribution in [2.24, 2.45) is 0 Å². The third-order valence-corrected chi connectivity index (χ3v) is 2.64. The fourth-order valence-corrected chi connectivity index (χ4v) is 1.62. The van der Waals surface area contributed by atoms with Crippen LogP contribution in [0.2, 0.25) is 5.02 Å². The number of para-hydroxylation sites is 1. The molecule has 1 saturated heterocycles. The second-order valence-electron chi connectivity index (χ2n) is 3.48. The van der Waals surface area contributed by atoms with Crippen molar-refractivity contribution in [2.75, 3.05) is 6.61 Å². The second kappa shape index (κ2) is 4.69. The summed E-state index contributed by atoms with van der Waals surface area (Å²) in [5.74, 6) is 0.715. The Bertz CT molecular complexity index is 351. The van der Waals surface area contributed by atoms with Crippen LogP contribution in [0.15, 0.2) is 36.9 Å². The molecule has 0 spiro atoms. The molecular weight excluding hydrogens is 212 g/mol. The second-order valence-corrected chi connectivity index (χ2v) is 3.89. The summed E-state index contributed by atoms with van der Waals surface area (Å²) in [4.78, 5) is 0. The summed E-state index contributed by atoms with van der Waals surface area (Å²) >= 11 is 5.94. The zero-order valence-corrected chi connectivity index (χ0v) is 9.11. The van der Waals surface area contributed by atoms with Crippen LogP contribution in [-0.2, 0) is 4.74 Å². The first-order chi connectivity index (χ1) is 7.31. The van der Waals surface area contributed by atoms with Gasteiger partial charge in [-0.2, -0.15) is 0 Å². The van der Waals surface area contributed by atoms with Crippen LogP contribution in [-0.4, -0.2) is 18.8 Å². The van der Waals surface area contributed by atoms with Crippen LogP contribution in [0.25, 0.3) is 0 Å². The van der Waals surface area contributed by atoms with Crippen LogP contribution in [0.3, 0.4) is 0 Å². The van der Waals surface area contributed by atoms with Gasteiger partial charge in [0.25, 0.3) is 0 Å². The lowest BCUT2D eigenvalue weighted by atomic mass is 10.2. The quantitative estimate of drug-likeness (QED) is 0.567. The Kier molecular flexibility index (Phi) is 3.29. The summed E-state index contributed by atoms with van der Waals surface area (Å²) in [6, 6.07) is 7.44. The van der Waals surface area contributed by atoms with Crippen molar-refractivity contribution in [3.8, 4) is 5.75 Å². The number of benzene rings is 1. The molecule has 1 aliphatic rings. The van der Waals surface area contributed by atoms with Gasteiger partial charge < -0.3 is 9.47 Å². The molecule has 2 atom stereocenters. The third-order valence-electron chi connectivity index (χ3n) is 2.33. The molecule has 2 nitrogen and oxygen atoms in total. The molecule has 3 heteroatoms. The minimum atomic E-state index is 0.194. The fraction of sp³-hybridized carbons (Fsp3) is 0.333. The summed E-state index contributed by atoms with van der Waals surface area (Å²) in [6.45, 7) is 4.22. The largest absolute Gasteiger partial charge is 0.489 e. The van der Waals surface area contributed by atoms with Crippen LogP contribution in [0.4, 0.5) is 0 Å². The number of halogens is 1. The van der Waals surface area contributed by atoms with Crippen molar-refractivity contribution < 1.29 is 9.47 Å². The molecule has 0 bridgehead atoms. The van der Waals surface area contributed by atoms with Crippen molar-refractivity contribution in [3.05, 3.63) is 41.9 Å². The molecule has 1 fully saturated rings. The number of ether oxygens (including phenoxy) is 2. The Balaban J connectivity index is 1.80. The molecule has 0 amide bonds. The van der Waals surface area contributed by atoms with Crippen molar-refractivity contribution in [3.63, 3.8) is 0 Å². The fourth-order valence-electron chi connectivity index (χ4n) is 1.43. The molecule has 2 unspecified atom stereocenters. The summed E-state index contributed by atoms with van der Waals surface area (Å²) in [5, 5.41) is 0.637. The minimum Gasteiger partial charge on any atom is -0.489 e. The first-order valence-electron chi connectivity index (χ1n) is 4.95. The number of hydrogen-bond donors (Lipinski definition) is 0. The van der Waals surface area contributed by atoms with Gasteiger partial charge in [0.05, 0.1) is 11.1 Å². The molecule has 1 aromatic carbocycles. The zero-order valence-electron chi connectivity index (χ0n) is 8.36. The molecule has 0 aromatic heterocycles. The van der Waals surface area contributed by atoms with Gasteiger partial charge in [-0.25, -0.2) is 0 Å². The SMILES string of the molecule is C=CCC1OC1COc1ccccc1Cl. The Hall–Kier alpha value is -0.990. The molecule has 0 radical (unpaired) electrons.